The van der Waals surface area contributed by atoms with Crippen molar-refractivity contribution >= 4 is 5.91 Å². The number of nitrogens with one attached hydrogen (secondary N) is 1. The van der Waals surface area contributed by atoms with E-state index in [1.54, 1.807) is 6.20 Å². The number of oxazole rings is 1. The zero-order valence-corrected chi connectivity index (χ0v) is 13.3. The molecule has 2 fully saturated rings. The molecule has 1 saturated carbocycles. The van der Waals surface area contributed by atoms with Gasteiger partial charge in [-0.15, -0.1) is 0 Å². The van der Waals surface area contributed by atoms with E-state index in [1.807, 2.05) is 6.92 Å². The minimum atomic E-state index is 0.0281. The first-order valence-corrected chi connectivity index (χ1v) is 8.19. The van der Waals surface area contributed by atoms with Gasteiger partial charge >= 0.3 is 0 Å². The zero-order valence-electron chi connectivity index (χ0n) is 13.3. The largest absolute Gasteiger partial charge is 0.444 e. The summed E-state index contributed by atoms with van der Waals surface area (Å²) in [5.74, 6) is 1.42. The average Bonchev–Trinajstić information content (AvgIpc) is 3.16. The Hall–Kier alpha value is -1.40. The third-order valence-corrected chi connectivity index (χ3v) is 4.81. The van der Waals surface area contributed by atoms with Crippen molar-refractivity contribution in [2.75, 3.05) is 26.3 Å². The van der Waals surface area contributed by atoms with E-state index in [4.69, 9.17) is 9.15 Å². The first kappa shape index (κ1) is 15.5. The van der Waals surface area contributed by atoms with E-state index < -0.39 is 0 Å². The van der Waals surface area contributed by atoms with Gasteiger partial charge in [0.2, 0.25) is 11.8 Å². The lowest BCUT2D eigenvalue weighted by Gasteiger charge is -2.43. The van der Waals surface area contributed by atoms with E-state index >= 15 is 0 Å². The second kappa shape index (κ2) is 6.79. The van der Waals surface area contributed by atoms with Crippen molar-refractivity contribution in [2.45, 2.75) is 51.1 Å². The molecule has 3 rings (SSSR count). The Morgan fingerprint density at radius 3 is 2.73 bits per heavy atom. The number of hydrogen-bond acceptors (Lipinski definition) is 5. The summed E-state index contributed by atoms with van der Waals surface area (Å²) in [6, 6.07) is 0. The maximum Gasteiger partial charge on any atom is 0.222 e. The molecule has 2 heterocycles. The van der Waals surface area contributed by atoms with E-state index in [1.165, 1.54) is 12.8 Å². The Labute approximate surface area is 131 Å². The summed E-state index contributed by atoms with van der Waals surface area (Å²) in [7, 11) is 0. The molecular formula is C16H25N3O3. The fourth-order valence-corrected chi connectivity index (χ4v) is 3.69. The lowest BCUT2D eigenvalue weighted by atomic mass is 9.90. The smallest absolute Gasteiger partial charge is 0.222 e. The van der Waals surface area contributed by atoms with E-state index in [-0.39, 0.29) is 11.4 Å². The quantitative estimate of drug-likeness (QED) is 0.895. The highest BCUT2D eigenvalue weighted by molar-refractivity contribution is 5.77. The van der Waals surface area contributed by atoms with Gasteiger partial charge in [0, 0.05) is 25.0 Å². The van der Waals surface area contributed by atoms with Gasteiger partial charge in [-0.1, -0.05) is 12.8 Å². The number of aromatic nitrogens is 1. The van der Waals surface area contributed by atoms with Crippen molar-refractivity contribution in [3.8, 4) is 0 Å². The van der Waals surface area contributed by atoms with Crippen LogP contribution in [0.15, 0.2) is 10.6 Å². The highest BCUT2D eigenvalue weighted by Gasteiger charge is 2.41. The van der Waals surface area contributed by atoms with Crippen molar-refractivity contribution in [2.24, 2.45) is 0 Å². The van der Waals surface area contributed by atoms with Gasteiger partial charge in [-0.05, 0) is 19.8 Å². The summed E-state index contributed by atoms with van der Waals surface area (Å²) in [6.45, 7) is 5.65. The Bertz CT molecular complexity index is 502. The minimum Gasteiger partial charge on any atom is -0.444 e. The molecule has 1 aromatic heterocycles. The Kier molecular flexibility index (Phi) is 4.78. The highest BCUT2D eigenvalue weighted by atomic mass is 16.5. The molecular weight excluding hydrogens is 282 g/mol. The predicted molar refractivity (Wildman–Crippen MR) is 81.3 cm³/mol. The van der Waals surface area contributed by atoms with Crippen LogP contribution < -0.4 is 5.32 Å². The van der Waals surface area contributed by atoms with Crippen LogP contribution in [0.25, 0.3) is 0 Å². The molecule has 122 valence electrons. The number of morpholine rings is 1. The number of nitrogens with zero attached hydrogens (tertiary/aromatic N) is 2. The molecule has 2 aliphatic rings. The van der Waals surface area contributed by atoms with Crippen molar-refractivity contribution in [1.82, 2.24) is 15.2 Å². The van der Waals surface area contributed by atoms with Crippen molar-refractivity contribution < 1.29 is 13.9 Å². The molecule has 0 aromatic carbocycles. The first-order chi connectivity index (χ1) is 10.7. The summed E-state index contributed by atoms with van der Waals surface area (Å²) in [5, 5.41) is 2.95. The molecule has 0 spiro atoms. The lowest BCUT2D eigenvalue weighted by molar-refractivity contribution is -0.125. The summed E-state index contributed by atoms with van der Waals surface area (Å²) < 4.78 is 10.8. The third kappa shape index (κ3) is 3.50. The third-order valence-electron chi connectivity index (χ3n) is 4.81. The van der Waals surface area contributed by atoms with Crippen molar-refractivity contribution in [3.05, 3.63) is 17.8 Å². The Morgan fingerprint density at radius 1 is 1.36 bits per heavy atom. The average molecular weight is 307 g/mol. The number of amides is 1. The van der Waals surface area contributed by atoms with Gasteiger partial charge in [0.15, 0.2) is 0 Å². The van der Waals surface area contributed by atoms with E-state index in [9.17, 15) is 4.79 Å². The van der Waals surface area contributed by atoms with Crippen LogP contribution in [0.4, 0.5) is 0 Å². The molecule has 0 bridgehead atoms. The topological polar surface area (TPSA) is 67.6 Å². The summed E-state index contributed by atoms with van der Waals surface area (Å²) >= 11 is 0. The first-order valence-electron chi connectivity index (χ1n) is 8.19. The summed E-state index contributed by atoms with van der Waals surface area (Å²) in [6.07, 6.45) is 6.88. The molecule has 1 amide bonds. The zero-order chi connectivity index (χ0) is 15.4. The van der Waals surface area contributed by atoms with Gasteiger partial charge in [0.25, 0.3) is 0 Å². The van der Waals surface area contributed by atoms with E-state index in [2.05, 4.69) is 15.2 Å². The molecule has 1 aliphatic carbocycles. The molecule has 1 aromatic rings. The summed E-state index contributed by atoms with van der Waals surface area (Å²) in [5.41, 5.74) is 0.0281. The summed E-state index contributed by atoms with van der Waals surface area (Å²) in [4.78, 5) is 19.0. The van der Waals surface area contributed by atoms with Crippen LogP contribution in [0.5, 0.6) is 0 Å². The number of rotatable bonds is 5. The normalized spacial score (nSPS) is 21.9. The molecule has 1 saturated heterocycles. The van der Waals surface area contributed by atoms with Gasteiger partial charge in [-0.25, -0.2) is 4.98 Å². The van der Waals surface area contributed by atoms with Gasteiger partial charge in [-0.3, -0.25) is 9.69 Å². The molecule has 0 radical (unpaired) electrons. The monoisotopic (exact) mass is 307 g/mol. The molecule has 6 heteroatoms. The molecule has 1 aliphatic heterocycles. The Morgan fingerprint density at radius 2 is 2.09 bits per heavy atom. The fourth-order valence-electron chi connectivity index (χ4n) is 3.69. The van der Waals surface area contributed by atoms with E-state index in [0.29, 0.717) is 18.9 Å². The van der Waals surface area contributed by atoms with Crippen LogP contribution in [-0.2, 0) is 16.1 Å². The number of carbonyl (C=O) groups is 1. The fraction of sp³-hybridized carbons (Fsp3) is 0.750. The standard InChI is InChI=1S/C16H25N3O3/c1-13-11-18-15(22-13)12-17-14(20)10-16(4-2-3-5-16)19-6-8-21-9-7-19/h11H,2-10,12H2,1H3,(H,17,20). The van der Waals surface area contributed by atoms with Crippen molar-refractivity contribution in [3.63, 3.8) is 0 Å². The number of hydrogen-bond donors (Lipinski definition) is 1. The molecule has 1 N–H and O–H groups in total. The maximum absolute atomic E-state index is 12.4. The number of aryl methyl sites for hydroxylation is 1. The van der Waals surface area contributed by atoms with Gasteiger partial charge in [0.05, 0.1) is 26.0 Å². The number of ether oxygens (including phenoxy) is 1. The van der Waals surface area contributed by atoms with Gasteiger partial charge < -0.3 is 14.5 Å². The van der Waals surface area contributed by atoms with Crippen LogP contribution in [-0.4, -0.2) is 47.6 Å². The second-order valence-corrected chi connectivity index (χ2v) is 6.35. The maximum atomic E-state index is 12.4. The second-order valence-electron chi connectivity index (χ2n) is 6.35. The minimum absolute atomic E-state index is 0.0281. The molecule has 22 heavy (non-hydrogen) atoms. The van der Waals surface area contributed by atoms with Crippen LogP contribution in [0, 0.1) is 6.92 Å². The van der Waals surface area contributed by atoms with Crippen molar-refractivity contribution in [1.29, 1.82) is 0 Å². The van der Waals surface area contributed by atoms with Crippen LogP contribution >= 0.6 is 0 Å². The molecule has 6 nitrogen and oxygen atoms in total. The SMILES string of the molecule is Cc1cnc(CNC(=O)CC2(N3CCOCC3)CCCC2)o1. The van der Waals surface area contributed by atoms with Crippen LogP contribution in [0.2, 0.25) is 0 Å². The number of carbonyl (C=O) groups excluding carboxylic acids is 1. The van der Waals surface area contributed by atoms with Gasteiger partial charge in [-0.2, -0.15) is 0 Å². The molecule has 0 unspecified atom stereocenters. The van der Waals surface area contributed by atoms with E-state index in [0.717, 1.165) is 44.9 Å². The Balaban J connectivity index is 1.57. The highest BCUT2D eigenvalue weighted by Crippen LogP contribution is 2.38. The van der Waals surface area contributed by atoms with Gasteiger partial charge in [0.1, 0.15) is 5.76 Å². The van der Waals surface area contributed by atoms with Crippen LogP contribution in [0.3, 0.4) is 0 Å². The van der Waals surface area contributed by atoms with Crippen LogP contribution in [0.1, 0.15) is 43.8 Å². The molecule has 0 atom stereocenters. The predicted octanol–water partition coefficient (Wildman–Crippen LogP) is 1.63. The lowest BCUT2D eigenvalue weighted by Crippen LogP contribution is -2.53.